The Labute approximate surface area is 158 Å². The largest absolute Gasteiger partial charge is 0.474 e. The van der Waals surface area contributed by atoms with E-state index in [0.717, 1.165) is 19.3 Å². The normalized spacial score (nSPS) is 16.0. The van der Waals surface area contributed by atoms with Crippen molar-refractivity contribution in [3.8, 4) is 5.75 Å². The van der Waals surface area contributed by atoms with Crippen LogP contribution in [-0.2, 0) is 11.2 Å². The second-order valence-electron chi connectivity index (χ2n) is 6.94. The molecule has 0 saturated carbocycles. The molecule has 1 atom stereocenters. The Balaban J connectivity index is 1.54. The predicted octanol–water partition coefficient (Wildman–Crippen LogP) is 3.84. The number of para-hydroxylation sites is 2. The van der Waals surface area contributed by atoms with Gasteiger partial charge in [-0.25, -0.2) is 0 Å². The lowest BCUT2D eigenvalue weighted by atomic mass is 9.90. The van der Waals surface area contributed by atoms with E-state index in [2.05, 4.69) is 24.3 Å². The smallest absolute Gasteiger partial charge is 0.310 e. The number of carbonyl (C=O) groups excluding carboxylic acids is 1. The first-order valence-corrected chi connectivity index (χ1v) is 9.27. The lowest BCUT2D eigenvalue weighted by Gasteiger charge is -2.33. The first-order valence-electron chi connectivity index (χ1n) is 9.27. The summed E-state index contributed by atoms with van der Waals surface area (Å²) in [5.74, 6) is 0.580. The van der Waals surface area contributed by atoms with Gasteiger partial charge in [-0.2, -0.15) is 0 Å². The maximum atomic E-state index is 12.7. The van der Waals surface area contributed by atoms with E-state index in [1.54, 1.807) is 24.0 Å². The molecule has 1 saturated heterocycles. The molecule has 6 nitrogen and oxygen atoms in total. The Morgan fingerprint density at radius 1 is 1.15 bits per heavy atom. The van der Waals surface area contributed by atoms with Crippen LogP contribution in [0.15, 0.2) is 54.6 Å². The van der Waals surface area contributed by atoms with E-state index in [1.165, 1.54) is 17.7 Å². The fourth-order valence-electron chi connectivity index (χ4n) is 3.51. The molecule has 0 bridgehead atoms. The molecule has 6 heteroatoms. The summed E-state index contributed by atoms with van der Waals surface area (Å²) in [7, 11) is 0. The zero-order valence-electron chi connectivity index (χ0n) is 15.4. The molecule has 1 amide bonds. The van der Waals surface area contributed by atoms with Crippen LogP contribution >= 0.6 is 0 Å². The number of likely N-dealkylation sites (tertiary alicyclic amines) is 1. The van der Waals surface area contributed by atoms with Gasteiger partial charge in [0.1, 0.15) is 0 Å². The minimum atomic E-state index is -0.753. The van der Waals surface area contributed by atoms with Gasteiger partial charge in [-0.05, 0) is 43.7 Å². The molecule has 27 heavy (non-hydrogen) atoms. The third-order valence-electron chi connectivity index (χ3n) is 5.01. The molecular weight excluding hydrogens is 344 g/mol. The highest BCUT2D eigenvalue weighted by Gasteiger charge is 2.28. The second-order valence-corrected chi connectivity index (χ2v) is 6.94. The molecule has 2 aromatic rings. The van der Waals surface area contributed by atoms with Crippen molar-refractivity contribution in [1.82, 2.24) is 4.90 Å². The first kappa shape index (κ1) is 18.9. The first-order chi connectivity index (χ1) is 13.0. The SMILES string of the molecule is C[C@@H](Oc1ccccc1[N+](=O)[O-])C(=O)N1CCC(Cc2ccccc2)CC1. The van der Waals surface area contributed by atoms with Crippen LogP contribution in [0, 0.1) is 16.0 Å². The Morgan fingerprint density at radius 2 is 1.78 bits per heavy atom. The standard InChI is InChI=1S/C21H24N2O4/c1-16(27-20-10-6-5-9-19(20)23(25)26)21(24)22-13-11-18(12-14-22)15-17-7-3-2-4-8-17/h2-10,16,18H,11-15H2,1H3/t16-/m1/s1. The number of benzene rings is 2. The van der Waals surface area contributed by atoms with Crippen molar-refractivity contribution in [3.05, 3.63) is 70.3 Å². The number of ether oxygens (including phenoxy) is 1. The van der Waals surface area contributed by atoms with Crippen molar-refractivity contribution in [1.29, 1.82) is 0 Å². The molecule has 0 aliphatic carbocycles. The van der Waals surface area contributed by atoms with E-state index in [9.17, 15) is 14.9 Å². The van der Waals surface area contributed by atoms with Crippen molar-refractivity contribution in [2.75, 3.05) is 13.1 Å². The molecule has 2 aromatic carbocycles. The molecular formula is C21H24N2O4. The molecule has 3 rings (SSSR count). The van der Waals surface area contributed by atoms with Crippen molar-refractivity contribution in [3.63, 3.8) is 0 Å². The number of nitro benzene ring substituents is 1. The fourth-order valence-corrected chi connectivity index (χ4v) is 3.51. The Bertz CT molecular complexity index is 786. The molecule has 142 valence electrons. The van der Waals surface area contributed by atoms with Crippen LogP contribution in [0.5, 0.6) is 5.75 Å². The van der Waals surface area contributed by atoms with Crippen molar-refractivity contribution in [2.45, 2.75) is 32.3 Å². The van der Waals surface area contributed by atoms with Crippen LogP contribution in [-0.4, -0.2) is 34.9 Å². The predicted molar refractivity (Wildman–Crippen MR) is 103 cm³/mol. The highest BCUT2D eigenvalue weighted by molar-refractivity contribution is 5.81. The summed E-state index contributed by atoms with van der Waals surface area (Å²) < 4.78 is 5.61. The Hall–Kier alpha value is -2.89. The van der Waals surface area contributed by atoms with Crippen LogP contribution in [0.2, 0.25) is 0 Å². The fraction of sp³-hybridized carbons (Fsp3) is 0.381. The van der Waals surface area contributed by atoms with Crippen LogP contribution in [0.4, 0.5) is 5.69 Å². The molecule has 1 aliphatic heterocycles. The molecule has 0 unspecified atom stereocenters. The third kappa shape index (κ3) is 4.84. The average molecular weight is 368 g/mol. The van der Waals surface area contributed by atoms with Gasteiger partial charge in [-0.3, -0.25) is 14.9 Å². The van der Waals surface area contributed by atoms with Crippen LogP contribution in [0.1, 0.15) is 25.3 Å². The Kier molecular flexibility index (Phi) is 6.06. The number of rotatable bonds is 6. The van der Waals surface area contributed by atoms with Gasteiger partial charge in [0.05, 0.1) is 4.92 Å². The van der Waals surface area contributed by atoms with Crippen LogP contribution in [0.25, 0.3) is 0 Å². The summed E-state index contributed by atoms with van der Waals surface area (Å²) in [6.45, 7) is 3.04. The zero-order valence-corrected chi connectivity index (χ0v) is 15.4. The summed E-state index contributed by atoms with van der Waals surface area (Å²) in [6.07, 6.45) is 2.19. The lowest BCUT2D eigenvalue weighted by Crippen LogP contribution is -2.45. The number of hydrogen-bond acceptors (Lipinski definition) is 4. The topological polar surface area (TPSA) is 72.7 Å². The minimum absolute atomic E-state index is 0.119. The molecule has 0 N–H and O–H groups in total. The monoisotopic (exact) mass is 368 g/mol. The van der Waals surface area contributed by atoms with Gasteiger partial charge in [0, 0.05) is 19.2 Å². The maximum absolute atomic E-state index is 12.7. The molecule has 0 radical (unpaired) electrons. The molecule has 0 spiro atoms. The van der Waals surface area contributed by atoms with Crippen molar-refractivity contribution >= 4 is 11.6 Å². The molecule has 1 heterocycles. The number of hydrogen-bond donors (Lipinski definition) is 0. The van der Waals surface area contributed by atoms with Gasteiger partial charge in [-0.1, -0.05) is 42.5 Å². The maximum Gasteiger partial charge on any atom is 0.310 e. The van der Waals surface area contributed by atoms with E-state index < -0.39 is 11.0 Å². The van der Waals surface area contributed by atoms with Crippen LogP contribution in [0.3, 0.4) is 0 Å². The van der Waals surface area contributed by atoms with E-state index in [0.29, 0.717) is 19.0 Å². The highest BCUT2D eigenvalue weighted by atomic mass is 16.6. The molecule has 0 aromatic heterocycles. The van der Waals surface area contributed by atoms with E-state index in [1.807, 2.05) is 6.07 Å². The van der Waals surface area contributed by atoms with Gasteiger partial charge >= 0.3 is 5.69 Å². The second kappa shape index (κ2) is 8.66. The summed E-state index contributed by atoms with van der Waals surface area (Å²) in [6, 6.07) is 16.5. The number of carbonyl (C=O) groups is 1. The van der Waals surface area contributed by atoms with Gasteiger partial charge < -0.3 is 9.64 Å². The average Bonchev–Trinajstić information content (AvgIpc) is 2.69. The summed E-state index contributed by atoms with van der Waals surface area (Å²) >= 11 is 0. The van der Waals surface area contributed by atoms with Gasteiger partial charge in [-0.15, -0.1) is 0 Å². The van der Waals surface area contributed by atoms with Crippen molar-refractivity contribution in [2.24, 2.45) is 5.92 Å². The van der Waals surface area contributed by atoms with Crippen LogP contribution < -0.4 is 4.74 Å². The van der Waals surface area contributed by atoms with E-state index in [4.69, 9.17) is 4.74 Å². The quantitative estimate of drug-likeness (QED) is 0.573. The lowest BCUT2D eigenvalue weighted by molar-refractivity contribution is -0.386. The molecule has 1 fully saturated rings. The van der Waals surface area contributed by atoms with Crippen molar-refractivity contribution < 1.29 is 14.5 Å². The van der Waals surface area contributed by atoms with Gasteiger partial charge in [0.15, 0.2) is 11.9 Å². The Morgan fingerprint density at radius 3 is 2.44 bits per heavy atom. The van der Waals surface area contributed by atoms with E-state index in [-0.39, 0.29) is 17.3 Å². The third-order valence-corrected chi connectivity index (χ3v) is 5.01. The number of piperidine rings is 1. The number of nitro groups is 1. The van der Waals surface area contributed by atoms with Gasteiger partial charge in [0.25, 0.3) is 5.91 Å². The summed E-state index contributed by atoms with van der Waals surface area (Å²) in [4.78, 5) is 25.1. The number of nitrogens with zero attached hydrogens (tertiary/aromatic N) is 2. The zero-order chi connectivity index (χ0) is 19.2. The molecule has 1 aliphatic rings. The summed E-state index contributed by atoms with van der Waals surface area (Å²) in [5, 5.41) is 11.1. The number of amides is 1. The highest BCUT2D eigenvalue weighted by Crippen LogP contribution is 2.28. The summed E-state index contributed by atoms with van der Waals surface area (Å²) in [5.41, 5.74) is 1.20. The van der Waals surface area contributed by atoms with Gasteiger partial charge in [0.2, 0.25) is 0 Å². The van der Waals surface area contributed by atoms with E-state index >= 15 is 0 Å². The minimum Gasteiger partial charge on any atom is -0.474 e.